The lowest BCUT2D eigenvalue weighted by Gasteiger charge is -2.37. The second-order valence-corrected chi connectivity index (χ2v) is 7.52. The number of nitrogens with zero attached hydrogens (tertiary/aromatic N) is 2. The summed E-state index contributed by atoms with van der Waals surface area (Å²) < 4.78 is 1.07. The molecule has 1 aromatic rings. The van der Waals surface area contributed by atoms with Crippen molar-refractivity contribution in [3.63, 3.8) is 0 Å². The van der Waals surface area contributed by atoms with E-state index in [-0.39, 0.29) is 5.78 Å². The molecule has 1 aromatic heterocycles. The fraction of sp³-hybridized carbons (Fsp3) is 0.643. The number of ketones is 1. The zero-order valence-electron chi connectivity index (χ0n) is 11.9. The van der Waals surface area contributed by atoms with Gasteiger partial charge in [0.15, 0.2) is 5.78 Å². The summed E-state index contributed by atoms with van der Waals surface area (Å²) in [5.74, 6) is 0.0649. The fourth-order valence-corrected chi connectivity index (χ4v) is 3.94. The molecule has 20 heavy (non-hydrogen) atoms. The van der Waals surface area contributed by atoms with Gasteiger partial charge in [0.2, 0.25) is 0 Å². The lowest BCUT2D eigenvalue weighted by Crippen LogP contribution is -2.50. The maximum atomic E-state index is 12.2. The Morgan fingerprint density at radius 3 is 2.50 bits per heavy atom. The highest BCUT2D eigenvalue weighted by molar-refractivity contribution is 7.20. The first-order valence-corrected chi connectivity index (χ1v) is 8.53. The van der Waals surface area contributed by atoms with Gasteiger partial charge in [-0.2, -0.15) is 0 Å². The molecule has 0 aromatic carbocycles. The topological polar surface area (TPSA) is 23.6 Å². The van der Waals surface area contributed by atoms with Gasteiger partial charge in [-0.05, 0) is 19.4 Å². The Hall–Kier alpha value is -0.130. The van der Waals surface area contributed by atoms with Crippen molar-refractivity contribution in [1.82, 2.24) is 9.80 Å². The molecule has 1 atom stereocenters. The molecule has 0 amide bonds. The Kier molecular flexibility index (Phi) is 5.87. The molecular formula is C14H20Cl2N2OS. The van der Waals surface area contributed by atoms with E-state index < -0.39 is 0 Å². The third-order valence-corrected chi connectivity index (χ3v) is 5.43. The minimum absolute atomic E-state index is 0.0649. The van der Waals surface area contributed by atoms with E-state index in [0.29, 0.717) is 26.8 Å². The highest BCUT2D eigenvalue weighted by atomic mass is 35.5. The van der Waals surface area contributed by atoms with E-state index in [1.54, 1.807) is 6.07 Å². The van der Waals surface area contributed by atoms with Gasteiger partial charge in [0, 0.05) is 32.2 Å². The van der Waals surface area contributed by atoms with Crippen molar-refractivity contribution in [2.24, 2.45) is 0 Å². The van der Waals surface area contributed by atoms with Crippen LogP contribution in [0.1, 0.15) is 30.6 Å². The molecular weight excluding hydrogens is 315 g/mol. The highest BCUT2D eigenvalue weighted by Gasteiger charge is 2.23. The van der Waals surface area contributed by atoms with E-state index in [1.807, 2.05) is 0 Å². The average Bonchev–Trinajstić information content (AvgIpc) is 2.78. The number of Topliss-reactive ketones (excluding diaryl/α,β-unsaturated/α-hetero) is 1. The molecule has 1 fully saturated rings. The smallest absolute Gasteiger partial charge is 0.179 e. The van der Waals surface area contributed by atoms with Crippen LogP contribution in [-0.2, 0) is 0 Å². The maximum Gasteiger partial charge on any atom is 0.179 e. The molecule has 0 bridgehead atoms. The monoisotopic (exact) mass is 334 g/mol. The van der Waals surface area contributed by atoms with Crippen molar-refractivity contribution in [2.45, 2.75) is 26.3 Å². The molecule has 0 aliphatic carbocycles. The van der Waals surface area contributed by atoms with Gasteiger partial charge in [-0.1, -0.05) is 30.1 Å². The van der Waals surface area contributed by atoms with Crippen molar-refractivity contribution in [3.05, 3.63) is 20.3 Å². The van der Waals surface area contributed by atoms with E-state index in [2.05, 4.69) is 23.6 Å². The lowest BCUT2D eigenvalue weighted by molar-refractivity contribution is 0.0785. The second kappa shape index (κ2) is 7.23. The van der Waals surface area contributed by atoms with Crippen LogP contribution in [0.15, 0.2) is 6.07 Å². The summed E-state index contributed by atoms with van der Waals surface area (Å²) in [4.78, 5) is 16.9. The first-order valence-electron chi connectivity index (χ1n) is 6.95. The number of carbonyl (C=O) groups is 1. The first-order chi connectivity index (χ1) is 9.51. The highest BCUT2D eigenvalue weighted by Crippen LogP contribution is 2.31. The molecule has 0 saturated carbocycles. The van der Waals surface area contributed by atoms with Crippen molar-refractivity contribution < 1.29 is 4.79 Å². The molecule has 112 valence electrons. The van der Waals surface area contributed by atoms with E-state index in [4.69, 9.17) is 23.2 Å². The molecule has 1 aliphatic rings. The van der Waals surface area contributed by atoms with Crippen molar-refractivity contribution in [3.8, 4) is 0 Å². The van der Waals surface area contributed by atoms with Crippen LogP contribution >= 0.6 is 34.5 Å². The van der Waals surface area contributed by atoms with Gasteiger partial charge in [-0.3, -0.25) is 14.6 Å². The minimum Gasteiger partial charge on any atom is -0.298 e. The SMILES string of the molecule is CCC(C)N1CCN(CC(=O)c2cc(Cl)sc2Cl)CC1. The van der Waals surface area contributed by atoms with Crippen LogP contribution in [0.5, 0.6) is 0 Å². The van der Waals surface area contributed by atoms with Gasteiger partial charge in [0.25, 0.3) is 0 Å². The molecule has 2 heterocycles. The Morgan fingerprint density at radius 1 is 1.35 bits per heavy atom. The Bertz CT molecular complexity index is 470. The molecule has 2 rings (SSSR count). The zero-order chi connectivity index (χ0) is 14.7. The molecule has 1 unspecified atom stereocenters. The molecule has 0 N–H and O–H groups in total. The molecule has 1 aliphatic heterocycles. The second-order valence-electron chi connectivity index (χ2n) is 5.23. The summed E-state index contributed by atoms with van der Waals surface area (Å²) in [7, 11) is 0. The van der Waals surface area contributed by atoms with Gasteiger partial charge >= 0.3 is 0 Å². The summed E-state index contributed by atoms with van der Waals surface area (Å²) in [6, 6.07) is 2.30. The van der Waals surface area contributed by atoms with Gasteiger partial charge < -0.3 is 0 Å². The van der Waals surface area contributed by atoms with E-state index in [0.717, 1.165) is 26.2 Å². The Balaban J connectivity index is 1.86. The lowest BCUT2D eigenvalue weighted by atomic mass is 10.1. The van der Waals surface area contributed by atoms with Crippen LogP contribution in [0.2, 0.25) is 8.67 Å². The van der Waals surface area contributed by atoms with E-state index in [1.165, 1.54) is 17.8 Å². The van der Waals surface area contributed by atoms with E-state index in [9.17, 15) is 4.79 Å². The van der Waals surface area contributed by atoms with Crippen LogP contribution in [0.3, 0.4) is 0 Å². The minimum atomic E-state index is 0.0649. The largest absolute Gasteiger partial charge is 0.298 e. The number of piperazine rings is 1. The van der Waals surface area contributed by atoms with Crippen LogP contribution in [0, 0.1) is 0 Å². The Morgan fingerprint density at radius 2 is 2.00 bits per heavy atom. The molecule has 3 nitrogen and oxygen atoms in total. The number of rotatable bonds is 5. The number of carbonyl (C=O) groups excluding carboxylic acids is 1. The molecule has 1 saturated heterocycles. The summed E-state index contributed by atoms with van der Waals surface area (Å²) in [5, 5.41) is 0. The van der Waals surface area contributed by atoms with Crippen LogP contribution < -0.4 is 0 Å². The average molecular weight is 335 g/mol. The predicted octanol–water partition coefficient (Wildman–Crippen LogP) is 3.65. The van der Waals surface area contributed by atoms with E-state index >= 15 is 0 Å². The number of hydrogen-bond donors (Lipinski definition) is 0. The van der Waals surface area contributed by atoms with Gasteiger partial charge in [0.05, 0.1) is 16.4 Å². The molecule has 6 heteroatoms. The van der Waals surface area contributed by atoms with Gasteiger partial charge in [0.1, 0.15) is 4.34 Å². The number of halogens is 2. The fourth-order valence-electron chi connectivity index (χ4n) is 2.44. The standard InChI is InChI=1S/C14H20Cl2N2OS/c1-3-10(2)18-6-4-17(5-7-18)9-12(19)11-8-13(15)20-14(11)16/h8,10H,3-7,9H2,1-2H3. The summed E-state index contributed by atoms with van der Waals surface area (Å²) in [5.41, 5.74) is 0.561. The first kappa shape index (κ1) is 16.2. The van der Waals surface area contributed by atoms with Crippen LogP contribution in [0.25, 0.3) is 0 Å². The quantitative estimate of drug-likeness (QED) is 0.768. The van der Waals surface area contributed by atoms with Gasteiger partial charge in [-0.15, -0.1) is 11.3 Å². The Labute approximate surface area is 134 Å². The third kappa shape index (κ3) is 3.95. The van der Waals surface area contributed by atoms with Crippen molar-refractivity contribution in [1.29, 1.82) is 0 Å². The van der Waals surface area contributed by atoms with Gasteiger partial charge in [-0.25, -0.2) is 0 Å². The maximum absolute atomic E-state index is 12.2. The third-order valence-electron chi connectivity index (χ3n) is 3.95. The number of thiophene rings is 1. The van der Waals surface area contributed by atoms with Crippen molar-refractivity contribution >= 4 is 40.3 Å². The molecule has 0 spiro atoms. The van der Waals surface area contributed by atoms with Crippen LogP contribution in [-0.4, -0.2) is 54.3 Å². The summed E-state index contributed by atoms with van der Waals surface area (Å²) in [6.07, 6.45) is 1.17. The zero-order valence-corrected chi connectivity index (χ0v) is 14.2. The normalized spacial score (nSPS) is 19.2. The predicted molar refractivity (Wildman–Crippen MR) is 86.4 cm³/mol. The number of hydrogen-bond acceptors (Lipinski definition) is 4. The summed E-state index contributed by atoms with van der Waals surface area (Å²) >= 11 is 13.2. The van der Waals surface area contributed by atoms with Crippen LogP contribution in [0.4, 0.5) is 0 Å². The molecule has 0 radical (unpaired) electrons. The van der Waals surface area contributed by atoms with Crippen molar-refractivity contribution in [2.75, 3.05) is 32.7 Å². The summed E-state index contributed by atoms with van der Waals surface area (Å²) in [6.45, 7) is 8.83.